The maximum Gasteiger partial charge on any atom is 0.407 e. The number of alkyl halides is 1. The Morgan fingerprint density at radius 3 is 2.58 bits per heavy atom. The van der Waals surface area contributed by atoms with Crippen LogP contribution in [0.5, 0.6) is 0 Å². The van der Waals surface area contributed by atoms with Gasteiger partial charge in [0.25, 0.3) is 0 Å². The molecular weight excluding hydrogens is 209 g/mol. The van der Waals surface area contributed by atoms with Crippen LogP contribution in [0, 0.1) is 10.1 Å². The summed E-state index contributed by atoms with van der Waals surface area (Å²) in [7, 11) is 0. The Morgan fingerprint density at radius 1 is 1.50 bits per heavy atom. The van der Waals surface area contributed by atoms with Crippen molar-refractivity contribution in [3.05, 3.63) is 21.0 Å². The first-order chi connectivity index (χ1) is 5.54. The molecule has 0 aromatic rings. The third-order valence-corrected chi connectivity index (χ3v) is 1.97. The fourth-order valence-electron chi connectivity index (χ4n) is 0.541. The van der Waals surface area contributed by atoms with Gasteiger partial charge in [0.15, 0.2) is 5.38 Å². The number of rotatable bonds is 1. The minimum Gasteiger partial charge on any atom is -0.358 e. The maximum atomic E-state index is 10.6. The number of hydrogen-bond acceptors (Lipinski definition) is 4. The van der Waals surface area contributed by atoms with E-state index >= 15 is 0 Å². The second-order valence-electron chi connectivity index (χ2n) is 1.83. The molecule has 1 aliphatic heterocycles. The predicted octanol–water partition coefficient (Wildman–Crippen LogP) is 1.27. The van der Waals surface area contributed by atoms with E-state index in [4.69, 9.17) is 23.2 Å². The lowest BCUT2D eigenvalue weighted by Crippen LogP contribution is -2.18. The van der Waals surface area contributed by atoms with Gasteiger partial charge < -0.3 is 10.1 Å². The molecule has 1 unspecified atom stereocenters. The van der Waals surface area contributed by atoms with E-state index in [1.54, 1.807) is 0 Å². The molecule has 0 aromatic heterocycles. The highest BCUT2D eigenvalue weighted by molar-refractivity contribution is 6.43. The summed E-state index contributed by atoms with van der Waals surface area (Å²) in [4.78, 5) is 19.9. The summed E-state index contributed by atoms with van der Waals surface area (Å²) in [6, 6.07) is 0. The predicted molar refractivity (Wildman–Crippen MR) is 39.4 cm³/mol. The molecule has 0 saturated carbocycles. The first kappa shape index (κ1) is 9.08. The molecule has 0 aromatic carbocycles. The minimum atomic E-state index is -1.29. The zero-order valence-electron chi connectivity index (χ0n) is 5.40. The first-order valence-electron chi connectivity index (χ1n) is 2.67. The lowest BCUT2D eigenvalue weighted by atomic mass is 10.3. The third-order valence-electron chi connectivity index (χ3n) is 1.07. The summed E-state index contributed by atoms with van der Waals surface area (Å²) in [5, 5.41) is 14.4. The van der Waals surface area contributed by atoms with Crippen LogP contribution in [0.3, 0.4) is 0 Å². The fourth-order valence-corrected chi connectivity index (χ4v) is 0.882. The van der Waals surface area contributed by atoms with Crippen molar-refractivity contribution in [2.45, 2.75) is 5.38 Å². The third kappa shape index (κ3) is 1.44. The molecule has 0 bridgehead atoms. The molecule has 1 amide bonds. The highest BCUT2D eigenvalue weighted by Crippen LogP contribution is 2.25. The van der Waals surface area contributed by atoms with Gasteiger partial charge in [0, 0.05) is 5.11 Å². The van der Waals surface area contributed by atoms with E-state index in [1.807, 2.05) is 0 Å². The minimum absolute atomic E-state index is 0.401. The quantitative estimate of drug-likeness (QED) is 0.371. The van der Waals surface area contributed by atoms with E-state index in [0.717, 1.165) is 0 Å². The van der Waals surface area contributed by atoms with Crippen molar-refractivity contribution < 1.29 is 9.72 Å². The van der Waals surface area contributed by atoms with Crippen molar-refractivity contribution in [2.24, 2.45) is 10.2 Å². The molecule has 6 nitrogen and oxygen atoms in total. The molecule has 0 saturated heterocycles. The van der Waals surface area contributed by atoms with E-state index in [0.29, 0.717) is 0 Å². The fraction of sp³-hybridized carbons (Fsp3) is 0.250. The summed E-state index contributed by atoms with van der Waals surface area (Å²) in [6.45, 7) is 0. The summed E-state index contributed by atoms with van der Waals surface area (Å²) in [5.74, 6) is -1.48. The zero-order valence-corrected chi connectivity index (χ0v) is 6.91. The summed E-state index contributed by atoms with van der Waals surface area (Å²) in [5.41, 5.74) is 0. The second-order valence-corrected chi connectivity index (χ2v) is 2.67. The Hall–Kier alpha value is -1.01. The van der Waals surface area contributed by atoms with Crippen LogP contribution >= 0.6 is 23.2 Å². The van der Waals surface area contributed by atoms with Crippen molar-refractivity contribution in [2.75, 3.05) is 0 Å². The number of halogens is 2. The van der Waals surface area contributed by atoms with Gasteiger partial charge >= 0.3 is 11.7 Å². The molecule has 8 heteroatoms. The molecule has 0 spiro atoms. The molecule has 0 aliphatic carbocycles. The van der Waals surface area contributed by atoms with Crippen molar-refractivity contribution in [3.8, 4) is 0 Å². The van der Waals surface area contributed by atoms with Gasteiger partial charge in [0.1, 0.15) is 5.03 Å². The lowest BCUT2D eigenvalue weighted by Gasteiger charge is -2.04. The van der Waals surface area contributed by atoms with Gasteiger partial charge in [-0.25, -0.2) is 0 Å². The zero-order chi connectivity index (χ0) is 9.30. The van der Waals surface area contributed by atoms with Gasteiger partial charge in [0.05, 0.1) is 5.11 Å². The van der Waals surface area contributed by atoms with Crippen LogP contribution in [0.1, 0.15) is 0 Å². The van der Waals surface area contributed by atoms with Crippen LogP contribution < -0.4 is 0 Å². The largest absolute Gasteiger partial charge is 0.407 e. The van der Waals surface area contributed by atoms with Gasteiger partial charge in [-0.15, -0.1) is 11.6 Å². The van der Waals surface area contributed by atoms with Crippen LogP contribution in [0.4, 0.5) is 0 Å². The van der Waals surface area contributed by atoms with E-state index in [1.165, 1.54) is 0 Å². The van der Waals surface area contributed by atoms with Crippen LogP contribution in [0.2, 0.25) is 0 Å². The Balaban J connectivity index is 3.10. The molecule has 1 rings (SSSR count). The maximum absolute atomic E-state index is 10.6. The smallest absolute Gasteiger partial charge is 0.358 e. The second kappa shape index (κ2) is 3.16. The Bertz CT molecular complexity index is 311. The number of nitro groups is 1. The number of hydrogen-bond donors (Lipinski definition) is 0. The average molecular weight is 210 g/mol. The normalized spacial score (nSPS) is 23.2. The van der Waals surface area contributed by atoms with Crippen LogP contribution in [0.15, 0.2) is 21.1 Å². The van der Waals surface area contributed by atoms with E-state index < -0.39 is 27.1 Å². The number of azo groups is 1. The van der Waals surface area contributed by atoms with Crippen molar-refractivity contribution in [1.29, 1.82) is 0 Å². The summed E-state index contributed by atoms with van der Waals surface area (Å²) >= 11 is 10.7. The van der Waals surface area contributed by atoms with Crippen LogP contribution in [0.25, 0.3) is 0 Å². The van der Waals surface area contributed by atoms with Crippen molar-refractivity contribution in [1.82, 2.24) is 0 Å². The van der Waals surface area contributed by atoms with Gasteiger partial charge in [-0.3, -0.25) is 4.79 Å². The molecular formula is C4HCl2N3O3. The van der Waals surface area contributed by atoms with Gasteiger partial charge in [0.2, 0.25) is 0 Å². The molecule has 1 heterocycles. The molecule has 64 valence electrons. The molecule has 0 radical (unpaired) electrons. The standard InChI is InChI=1S/C4HCl2N3O3/c5-1-2(6)4(10)8-7-3(1)9(11)12/h2H. The van der Waals surface area contributed by atoms with E-state index in [9.17, 15) is 14.9 Å². The lowest BCUT2D eigenvalue weighted by molar-refractivity contribution is -0.427. The molecule has 1 atom stereocenters. The molecule has 0 N–H and O–H groups in total. The molecule has 1 aliphatic rings. The SMILES string of the molecule is O=C1N=NC([N+](=O)[O-])=C(Cl)C1Cl. The highest BCUT2D eigenvalue weighted by atomic mass is 35.5. The number of nitrogens with zero attached hydrogens (tertiary/aromatic N) is 3. The molecule has 0 fully saturated rings. The van der Waals surface area contributed by atoms with E-state index in [-0.39, 0.29) is 0 Å². The summed E-state index contributed by atoms with van der Waals surface area (Å²) in [6.07, 6.45) is 0. The summed E-state index contributed by atoms with van der Waals surface area (Å²) < 4.78 is 0. The Labute approximate surface area is 76.0 Å². The Kier molecular flexibility index (Phi) is 2.39. The van der Waals surface area contributed by atoms with E-state index in [2.05, 4.69) is 10.2 Å². The van der Waals surface area contributed by atoms with Gasteiger partial charge in [-0.1, -0.05) is 11.6 Å². The highest BCUT2D eigenvalue weighted by Gasteiger charge is 2.34. The average Bonchev–Trinajstić information content (AvgIpc) is 2.00. The van der Waals surface area contributed by atoms with Crippen molar-refractivity contribution in [3.63, 3.8) is 0 Å². The van der Waals surface area contributed by atoms with Crippen molar-refractivity contribution >= 4 is 29.1 Å². The first-order valence-corrected chi connectivity index (χ1v) is 3.49. The monoisotopic (exact) mass is 209 g/mol. The number of carbonyl (C=O) groups excluding carboxylic acids is 1. The Morgan fingerprint density at radius 2 is 2.08 bits per heavy atom. The molecule has 12 heavy (non-hydrogen) atoms. The van der Waals surface area contributed by atoms with Gasteiger partial charge in [-0.05, 0) is 4.92 Å². The number of carbonyl (C=O) groups is 1. The number of amides is 1. The van der Waals surface area contributed by atoms with Crippen LogP contribution in [-0.2, 0) is 4.79 Å². The topological polar surface area (TPSA) is 84.9 Å². The van der Waals surface area contributed by atoms with Crippen LogP contribution in [-0.4, -0.2) is 16.2 Å². The van der Waals surface area contributed by atoms with Gasteiger partial charge in [-0.2, -0.15) is 0 Å².